The summed E-state index contributed by atoms with van der Waals surface area (Å²) in [4.78, 5) is 27.9. The number of aromatic nitrogens is 4. The lowest BCUT2D eigenvalue weighted by Gasteiger charge is -2.39. The van der Waals surface area contributed by atoms with Gasteiger partial charge in [-0.1, -0.05) is 0 Å². The van der Waals surface area contributed by atoms with Crippen molar-refractivity contribution in [2.45, 2.75) is 32.7 Å². The molecule has 2 aliphatic heterocycles. The number of anilines is 1. The molecule has 0 radical (unpaired) electrons. The molecule has 126 valence electrons. The van der Waals surface area contributed by atoms with E-state index in [1.165, 1.54) is 0 Å². The molecule has 2 fully saturated rings. The number of nitrogens with zero attached hydrogens (tertiary/aromatic N) is 5. The number of aromatic amines is 1. The summed E-state index contributed by atoms with van der Waals surface area (Å²) in [6.45, 7) is 5.70. The lowest BCUT2D eigenvalue weighted by molar-refractivity contribution is -0.117. The fraction of sp³-hybridized carbons (Fsp3) is 0.500. The highest BCUT2D eigenvalue weighted by Gasteiger charge is 2.35. The Morgan fingerprint density at radius 2 is 2.12 bits per heavy atom. The first-order valence-electron chi connectivity index (χ1n) is 8.20. The average Bonchev–Trinajstić information content (AvgIpc) is 3.19. The molecule has 24 heavy (non-hydrogen) atoms. The van der Waals surface area contributed by atoms with E-state index in [0.29, 0.717) is 25.1 Å². The van der Waals surface area contributed by atoms with Gasteiger partial charge in [0.15, 0.2) is 0 Å². The van der Waals surface area contributed by atoms with Crippen LogP contribution in [0.2, 0.25) is 0 Å². The molecule has 0 spiro atoms. The van der Waals surface area contributed by atoms with Gasteiger partial charge in [-0.05, 0) is 20.3 Å². The summed E-state index contributed by atoms with van der Waals surface area (Å²) in [5, 5.41) is 11.3. The minimum absolute atomic E-state index is 0.0112. The van der Waals surface area contributed by atoms with Crippen molar-refractivity contribution in [2.24, 2.45) is 0 Å². The summed E-state index contributed by atoms with van der Waals surface area (Å²) < 4.78 is 1.86. The Balaban J connectivity index is 1.42. The number of rotatable bonds is 3. The van der Waals surface area contributed by atoms with Gasteiger partial charge < -0.3 is 9.80 Å². The van der Waals surface area contributed by atoms with Crippen LogP contribution in [0.15, 0.2) is 12.4 Å². The van der Waals surface area contributed by atoms with E-state index < -0.39 is 0 Å². The quantitative estimate of drug-likeness (QED) is 0.912. The van der Waals surface area contributed by atoms with Crippen LogP contribution in [0.1, 0.15) is 40.6 Å². The van der Waals surface area contributed by atoms with Gasteiger partial charge in [0.25, 0.3) is 5.91 Å². The van der Waals surface area contributed by atoms with Crippen molar-refractivity contribution in [3.63, 3.8) is 0 Å². The van der Waals surface area contributed by atoms with Crippen molar-refractivity contribution in [3.05, 3.63) is 29.3 Å². The molecule has 0 bridgehead atoms. The van der Waals surface area contributed by atoms with Crippen molar-refractivity contribution in [1.29, 1.82) is 0 Å². The van der Waals surface area contributed by atoms with E-state index in [4.69, 9.17) is 0 Å². The van der Waals surface area contributed by atoms with E-state index in [1.807, 2.05) is 24.7 Å². The smallest absolute Gasteiger partial charge is 0.257 e. The molecular formula is C16H20N6O2. The Hall–Kier alpha value is -2.64. The van der Waals surface area contributed by atoms with Crippen LogP contribution in [0, 0.1) is 13.8 Å². The zero-order valence-electron chi connectivity index (χ0n) is 13.8. The van der Waals surface area contributed by atoms with Crippen LogP contribution >= 0.6 is 0 Å². The number of carbonyl (C=O) groups excluding carboxylic acids is 2. The average molecular weight is 328 g/mol. The molecule has 0 aliphatic carbocycles. The van der Waals surface area contributed by atoms with Gasteiger partial charge in [0.2, 0.25) is 5.91 Å². The fourth-order valence-electron chi connectivity index (χ4n) is 3.40. The molecule has 4 rings (SSSR count). The highest BCUT2D eigenvalue weighted by Crippen LogP contribution is 2.27. The predicted molar refractivity (Wildman–Crippen MR) is 86.8 cm³/mol. The van der Waals surface area contributed by atoms with Crippen LogP contribution < -0.4 is 4.90 Å². The maximum Gasteiger partial charge on any atom is 0.257 e. The van der Waals surface area contributed by atoms with Crippen LogP contribution in [-0.4, -0.2) is 56.3 Å². The molecular weight excluding hydrogens is 308 g/mol. The van der Waals surface area contributed by atoms with E-state index in [1.54, 1.807) is 16.0 Å². The number of hydrogen-bond donors (Lipinski definition) is 1. The highest BCUT2D eigenvalue weighted by molar-refractivity contribution is 5.97. The molecule has 2 aliphatic rings. The summed E-state index contributed by atoms with van der Waals surface area (Å²) in [6, 6.07) is 0.160. The van der Waals surface area contributed by atoms with Crippen molar-refractivity contribution in [3.8, 4) is 0 Å². The van der Waals surface area contributed by atoms with Gasteiger partial charge in [0, 0.05) is 37.9 Å². The van der Waals surface area contributed by atoms with Gasteiger partial charge in [-0.2, -0.15) is 10.2 Å². The predicted octanol–water partition coefficient (Wildman–Crippen LogP) is 1.05. The van der Waals surface area contributed by atoms with Gasteiger partial charge in [-0.15, -0.1) is 0 Å². The molecule has 2 aromatic heterocycles. The van der Waals surface area contributed by atoms with Gasteiger partial charge in [0.05, 0.1) is 29.2 Å². The molecule has 0 aromatic carbocycles. The minimum atomic E-state index is 0.0112. The summed E-state index contributed by atoms with van der Waals surface area (Å²) >= 11 is 0. The van der Waals surface area contributed by atoms with Gasteiger partial charge >= 0.3 is 0 Å². The Morgan fingerprint density at radius 3 is 2.75 bits per heavy atom. The molecule has 0 saturated carbocycles. The van der Waals surface area contributed by atoms with Gasteiger partial charge in [-0.25, -0.2) is 0 Å². The lowest BCUT2D eigenvalue weighted by Crippen LogP contribution is -2.51. The monoisotopic (exact) mass is 328 g/mol. The highest BCUT2D eigenvalue weighted by atomic mass is 16.2. The van der Waals surface area contributed by atoms with Crippen LogP contribution in [0.3, 0.4) is 0 Å². The molecule has 2 amide bonds. The van der Waals surface area contributed by atoms with Crippen LogP contribution in [-0.2, 0) is 4.79 Å². The first kappa shape index (κ1) is 14.9. The molecule has 8 nitrogen and oxygen atoms in total. The summed E-state index contributed by atoms with van der Waals surface area (Å²) in [5.41, 5.74) is 3.05. The molecule has 2 aromatic rings. The maximum absolute atomic E-state index is 12.5. The number of H-pyrrole nitrogens is 1. The molecule has 8 heteroatoms. The SMILES string of the molecule is Cc1n[nH]c(C)c1C(=O)N1CC(n2cc(N3CCCC3=O)cn2)C1. The first-order chi connectivity index (χ1) is 11.5. The minimum Gasteiger partial charge on any atom is -0.334 e. The molecule has 4 heterocycles. The van der Waals surface area contributed by atoms with Crippen LogP contribution in [0.25, 0.3) is 0 Å². The standard InChI is InChI=1S/C16H20N6O2/c1-10-15(11(2)19-18-10)16(24)20-7-13(8-20)22-9-12(6-17-22)21-5-3-4-14(21)23/h6,9,13H,3-5,7-8H2,1-2H3,(H,18,19). The number of likely N-dealkylation sites (tertiary alicyclic amines) is 1. The second-order valence-corrected chi connectivity index (χ2v) is 6.50. The number of carbonyl (C=O) groups is 2. The summed E-state index contributed by atoms with van der Waals surface area (Å²) in [5.74, 6) is 0.169. The van der Waals surface area contributed by atoms with Crippen molar-refractivity contribution in [1.82, 2.24) is 24.9 Å². The lowest BCUT2D eigenvalue weighted by atomic mass is 10.1. The van der Waals surface area contributed by atoms with E-state index in [2.05, 4.69) is 15.3 Å². The van der Waals surface area contributed by atoms with E-state index >= 15 is 0 Å². The van der Waals surface area contributed by atoms with E-state index in [0.717, 1.165) is 30.0 Å². The Morgan fingerprint density at radius 1 is 1.33 bits per heavy atom. The van der Waals surface area contributed by atoms with E-state index in [-0.39, 0.29) is 17.9 Å². The molecule has 0 unspecified atom stereocenters. The van der Waals surface area contributed by atoms with E-state index in [9.17, 15) is 9.59 Å². The Labute approximate surface area is 139 Å². The second kappa shape index (κ2) is 5.47. The van der Waals surface area contributed by atoms with Crippen molar-refractivity contribution in [2.75, 3.05) is 24.5 Å². The third-order valence-corrected chi connectivity index (χ3v) is 4.84. The molecule has 1 N–H and O–H groups in total. The zero-order chi connectivity index (χ0) is 16.8. The van der Waals surface area contributed by atoms with Gasteiger partial charge in [-0.3, -0.25) is 19.4 Å². The first-order valence-corrected chi connectivity index (χ1v) is 8.20. The Kier molecular flexibility index (Phi) is 3.40. The third-order valence-electron chi connectivity index (χ3n) is 4.84. The number of hydrogen-bond acceptors (Lipinski definition) is 4. The number of amides is 2. The Bertz CT molecular complexity index is 782. The van der Waals surface area contributed by atoms with Crippen molar-refractivity contribution >= 4 is 17.5 Å². The van der Waals surface area contributed by atoms with Crippen molar-refractivity contribution < 1.29 is 9.59 Å². The third kappa shape index (κ3) is 2.29. The molecule has 0 atom stereocenters. The number of aryl methyl sites for hydroxylation is 2. The fourth-order valence-corrected chi connectivity index (χ4v) is 3.40. The van der Waals surface area contributed by atoms with Crippen LogP contribution in [0.5, 0.6) is 0 Å². The largest absolute Gasteiger partial charge is 0.334 e. The maximum atomic E-state index is 12.5. The number of nitrogens with one attached hydrogen (secondary N) is 1. The van der Waals surface area contributed by atoms with Crippen LogP contribution in [0.4, 0.5) is 5.69 Å². The summed E-state index contributed by atoms with van der Waals surface area (Å²) in [7, 11) is 0. The topological polar surface area (TPSA) is 87.1 Å². The molecule has 2 saturated heterocycles. The normalized spacial score (nSPS) is 18.3. The summed E-state index contributed by atoms with van der Waals surface area (Å²) in [6.07, 6.45) is 5.15. The van der Waals surface area contributed by atoms with Gasteiger partial charge in [0.1, 0.15) is 0 Å². The zero-order valence-corrected chi connectivity index (χ0v) is 13.8. The second-order valence-electron chi connectivity index (χ2n) is 6.50.